The highest BCUT2D eigenvalue weighted by Gasteiger charge is 2.59. The summed E-state index contributed by atoms with van der Waals surface area (Å²) in [5, 5.41) is 0. The third-order valence-corrected chi connectivity index (χ3v) is 17.3. The van der Waals surface area contributed by atoms with Crippen LogP contribution in [0.25, 0.3) is 0 Å². The lowest BCUT2D eigenvalue weighted by Gasteiger charge is -2.58. The Labute approximate surface area is 395 Å². The molecule has 6 rings (SSSR count). The molecule has 5 nitrogen and oxygen atoms in total. The zero-order valence-electron chi connectivity index (χ0n) is 41.9. The van der Waals surface area contributed by atoms with E-state index < -0.39 is 17.8 Å². The fourth-order valence-electron chi connectivity index (χ4n) is 13.4. The first kappa shape index (κ1) is 51.2. The van der Waals surface area contributed by atoms with Crippen molar-refractivity contribution in [1.82, 2.24) is 0 Å². The van der Waals surface area contributed by atoms with Crippen LogP contribution in [0, 0.1) is 52.2 Å². The highest BCUT2D eigenvalue weighted by atomic mass is 19.1. The summed E-state index contributed by atoms with van der Waals surface area (Å²) in [5.41, 5.74) is 2.25. The number of rotatable bonds is 27. The summed E-state index contributed by atoms with van der Waals surface area (Å²) in [6.07, 6.45) is 36.7. The lowest BCUT2D eigenvalue weighted by Crippen LogP contribution is -2.51. The third-order valence-electron chi connectivity index (χ3n) is 17.3. The number of ether oxygens (including phenoxy) is 3. The third kappa shape index (κ3) is 14.0. The zero-order valence-corrected chi connectivity index (χ0v) is 41.9. The zero-order chi connectivity index (χ0) is 46.2. The topological polar surface area (TPSA) is 61.8 Å². The van der Waals surface area contributed by atoms with Gasteiger partial charge in [-0.05, 0) is 134 Å². The number of benzene rings is 2. The lowest BCUT2D eigenvalue weighted by molar-refractivity contribution is -0.0595. The first-order valence-corrected chi connectivity index (χ1v) is 27.1. The van der Waals surface area contributed by atoms with E-state index >= 15 is 4.39 Å². The first-order chi connectivity index (χ1) is 31.4. The van der Waals surface area contributed by atoms with Crippen LogP contribution in [0.5, 0.6) is 11.5 Å². The standard InChI is InChI=1S/C59H89FO5/c1-7-8-9-10-11-12-13-14-15-16-17-18-19-20-21-22-40-63-47-29-26-45(27-30-47)56(61)64-48-31-33-51(55(60)42-48)57(62)65-49-36-38-58(5)46(41-49)28-32-50-53-35-34-52(44(4)25-23-24-43(2)3)59(53,6)39-37-54(50)58/h26-31,33,42-44,49-50,52-54H,7-25,32,34-41H2,1-6H3/t44-,49+,50+,52-,53+,54+,58+,59-/m1/s1. The number of allylic oxidation sites excluding steroid dienone is 1. The molecule has 0 spiro atoms. The molecule has 4 aliphatic carbocycles. The first-order valence-electron chi connectivity index (χ1n) is 27.1. The van der Waals surface area contributed by atoms with Crippen molar-refractivity contribution in [3.05, 3.63) is 71.1 Å². The fraction of sp³-hybridized carbons (Fsp3) is 0.729. The van der Waals surface area contributed by atoms with Crippen molar-refractivity contribution in [1.29, 1.82) is 0 Å². The minimum atomic E-state index is -0.757. The molecule has 0 saturated heterocycles. The molecule has 0 aromatic heterocycles. The van der Waals surface area contributed by atoms with Crippen LogP contribution in [0.2, 0.25) is 0 Å². The van der Waals surface area contributed by atoms with Crippen LogP contribution in [0.3, 0.4) is 0 Å². The second kappa shape index (κ2) is 25.3. The van der Waals surface area contributed by atoms with Gasteiger partial charge < -0.3 is 14.2 Å². The number of hydrogen-bond acceptors (Lipinski definition) is 5. The van der Waals surface area contributed by atoms with Gasteiger partial charge >= 0.3 is 11.9 Å². The predicted octanol–water partition coefficient (Wildman–Crippen LogP) is 17.3. The average molecular weight is 897 g/mol. The Morgan fingerprint density at radius 3 is 1.95 bits per heavy atom. The summed E-state index contributed by atoms with van der Waals surface area (Å²) >= 11 is 0. The number of unbranched alkanes of at least 4 members (excludes halogenated alkanes) is 15. The molecule has 3 fully saturated rings. The molecule has 6 heteroatoms. The van der Waals surface area contributed by atoms with E-state index in [4.69, 9.17) is 14.2 Å². The lowest BCUT2D eigenvalue weighted by atomic mass is 9.47. The Kier molecular flexibility index (Phi) is 19.9. The minimum absolute atomic E-state index is 0.0426. The maximum Gasteiger partial charge on any atom is 0.343 e. The van der Waals surface area contributed by atoms with Crippen LogP contribution in [-0.2, 0) is 4.74 Å². The van der Waals surface area contributed by atoms with Gasteiger partial charge in [-0.15, -0.1) is 0 Å². The molecule has 0 heterocycles. The van der Waals surface area contributed by atoms with E-state index in [9.17, 15) is 9.59 Å². The molecule has 0 bridgehead atoms. The van der Waals surface area contributed by atoms with Gasteiger partial charge in [0.05, 0.1) is 17.7 Å². The Bertz CT molecular complexity index is 1800. The van der Waals surface area contributed by atoms with Crippen molar-refractivity contribution in [3.63, 3.8) is 0 Å². The number of carbonyl (C=O) groups is 2. The van der Waals surface area contributed by atoms with Gasteiger partial charge in [0, 0.05) is 12.5 Å². The van der Waals surface area contributed by atoms with Gasteiger partial charge in [0.1, 0.15) is 23.4 Å². The van der Waals surface area contributed by atoms with E-state index in [1.165, 1.54) is 153 Å². The summed E-state index contributed by atoms with van der Waals surface area (Å²) in [7, 11) is 0. The van der Waals surface area contributed by atoms with E-state index in [1.807, 2.05) is 0 Å². The van der Waals surface area contributed by atoms with E-state index in [-0.39, 0.29) is 22.8 Å². The number of fused-ring (bicyclic) bond motifs is 5. The van der Waals surface area contributed by atoms with Gasteiger partial charge in [-0.2, -0.15) is 0 Å². The van der Waals surface area contributed by atoms with E-state index in [1.54, 1.807) is 24.3 Å². The molecule has 362 valence electrons. The molecule has 8 atom stereocenters. The molecular formula is C59H89FO5. The molecule has 65 heavy (non-hydrogen) atoms. The van der Waals surface area contributed by atoms with Gasteiger partial charge in [0.15, 0.2) is 0 Å². The summed E-state index contributed by atoms with van der Waals surface area (Å²) in [4.78, 5) is 26.3. The summed E-state index contributed by atoms with van der Waals surface area (Å²) in [6.45, 7) is 15.3. The van der Waals surface area contributed by atoms with E-state index in [2.05, 4.69) is 47.6 Å². The highest BCUT2D eigenvalue weighted by molar-refractivity contribution is 5.92. The molecule has 2 aromatic rings. The van der Waals surface area contributed by atoms with Crippen molar-refractivity contribution >= 4 is 11.9 Å². The highest BCUT2D eigenvalue weighted by Crippen LogP contribution is 2.67. The molecule has 0 unspecified atom stereocenters. The molecular weight excluding hydrogens is 808 g/mol. The Morgan fingerprint density at radius 2 is 1.32 bits per heavy atom. The summed E-state index contributed by atoms with van der Waals surface area (Å²) in [5.74, 6) is 3.40. The molecule has 0 N–H and O–H groups in total. The van der Waals surface area contributed by atoms with Gasteiger partial charge in [0.25, 0.3) is 0 Å². The molecule has 2 aromatic carbocycles. The van der Waals surface area contributed by atoms with Crippen molar-refractivity contribution in [3.8, 4) is 11.5 Å². The Balaban J connectivity index is 0.872. The van der Waals surface area contributed by atoms with Crippen molar-refractivity contribution in [2.24, 2.45) is 46.3 Å². The van der Waals surface area contributed by atoms with Gasteiger partial charge in [-0.25, -0.2) is 14.0 Å². The monoisotopic (exact) mass is 897 g/mol. The van der Waals surface area contributed by atoms with Crippen molar-refractivity contribution in [2.75, 3.05) is 6.61 Å². The largest absolute Gasteiger partial charge is 0.494 e. The second-order valence-electron chi connectivity index (χ2n) is 22.3. The number of carbonyl (C=O) groups excluding carboxylic acids is 2. The van der Waals surface area contributed by atoms with Crippen molar-refractivity contribution in [2.45, 2.75) is 221 Å². The molecule has 4 aliphatic rings. The van der Waals surface area contributed by atoms with Gasteiger partial charge in [0.2, 0.25) is 0 Å². The quantitative estimate of drug-likeness (QED) is 0.0387. The predicted molar refractivity (Wildman–Crippen MR) is 265 cm³/mol. The minimum Gasteiger partial charge on any atom is -0.494 e. The van der Waals surface area contributed by atoms with Gasteiger partial charge in [-0.3, -0.25) is 0 Å². The Hall–Kier alpha value is -3.15. The van der Waals surface area contributed by atoms with E-state index in [0.29, 0.717) is 29.3 Å². The average Bonchev–Trinajstić information content (AvgIpc) is 3.65. The fourth-order valence-corrected chi connectivity index (χ4v) is 13.4. The van der Waals surface area contributed by atoms with Crippen LogP contribution in [0.15, 0.2) is 54.1 Å². The van der Waals surface area contributed by atoms with Crippen LogP contribution in [0.1, 0.15) is 236 Å². The maximum absolute atomic E-state index is 15.4. The molecule has 0 amide bonds. The van der Waals surface area contributed by atoms with Crippen LogP contribution < -0.4 is 9.47 Å². The molecule has 0 radical (unpaired) electrons. The molecule has 3 saturated carbocycles. The van der Waals surface area contributed by atoms with E-state index in [0.717, 1.165) is 74.2 Å². The molecule has 0 aliphatic heterocycles. The second-order valence-corrected chi connectivity index (χ2v) is 22.3. The summed E-state index contributed by atoms with van der Waals surface area (Å²) < 4.78 is 32.9. The van der Waals surface area contributed by atoms with Crippen LogP contribution in [-0.4, -0.2) is 24.6 Å². The maximum atomic E-state index is 15.4. The van der Waals surface area contributed by atoms with Gasteiger partial charge in [-0.1, -0.05) is 169 Å². The van der Waals surface area contributed by atoms with Crippen LogP contribution in [0.4, 0.5) is 4.39 Å². The number of halogens is 1. The number of esters is 2. The smallest absolute Gasteiger partial charge is 0.343 e. The summed E-state index contributed by atoms with van der Waals surface area (Å²) in [6, 6.07) is 10.8. The van der Waals surface area contributed by atoms with Crippen LogP contribution >= 0.6 is 0 Å². The SMILES string of the molecule is CCCCCCCCCCCCCCCCCCOc1ccc(C(=O)Oc2ccc(C(=O)O[C@H]3CC[C@@]4(C)C(=CC[C@H]5[C@@H]6CC[C@H]([C@H](C)CCCC(C)C)[C@@]6(C)CC[C@@H]54)C3)c(F)c2)cc1. The normalized spacial score (nSPS) is 26.5. The number of hydrogen-bond donors (Lipinski definition) is 0. The van der Waals surface area contributed by atoms with Crippen molar-refractivity contribution < 1.29 is 28.2 Å². The Morgan fingerprint density at radius 1 is 0.692 bits per heavy atom.